The van der Waals surface area contributed by atoms with Crippen LogP contribution < -0.4 is 5.32 Å². The highest BCUT2D eigenvalue weighted by Crippen LogP contribution is 2.13. The number of nitrogens with one attached hydrogen (secondary N) is 1. The Labute approximate surface area is 99.0 Å². The molecule has 0 heterocycles. The average molecular weight is 221 g/mol. The van der Waals surface area contributed by atoms with Gasteiger partial charge in [-0.3, -0.25) is 0 Å². The second-order valence-corrected chi connectivity index (χ2v) is 5.00. The van der Waals surface area contributed by atoms with Crippen LogP contribution in [-0.4, -0.2) is 12.1 Å². The third-order valence-electron chi connectivity index (χ3n) is 2.24. The van der Waals surface area contributed by atoms with Gasteiger partial charge in [-0.1, -0.05) is 31.2 Å². The Morgan fingerprint density at radius 2 is 1.88 bits per heavy atom. The predicted molar refractivity (Wildman–Crippen MR) is 68.4 cm³/mol. The maximum atomic E-state index is 5.75. The Hall–Kier alpha value is -0.860. The summed E-state index contributed by atoms with van der Waals surface area (Å²) in [5.41, 5.74) is 2.49. The lowest BCUT2D eigenvalue weighted by molar-refractivity contribution is -0.0149. The van der Waals surface area contributed by atoms with E-state index in [9.17, 15) is 0 Å². The Morgan fingerprint density at radius 1 is 1.19 bits per heavy atom. The van der Waals surface area contributed by atoms with Crippen LogP contribution in [0.1, 0.15) is 38.8 Å². The minimum Gasteiger partial charge on any atom is -0.371 e. The summed E-state index contributed by atoms with van der Waals surface area (Å²) < 4.78 is 5.75. The molecule has 0 radical (unpaired) electrons. The van der Waals surface area contributed by atoms with E-state index in [1.54, 1.807) is 0 Å². The Balaban J connectivity index is 2.53. The Morgan fingerprint density at radius 3 is 2.50 bits per heavy atom. The minimum absolute atomic E-state index is 0.0718. The predicted octanol–water partition coefficient (Wildman–Crippen LogP) is 3.11. The van der Waals surface area contributed by atoms with Gasteiger partial charge < -0.3 is 10.1 Å². The van der Waals surface area contributed by atoms with E-state index in [2.05, 4.69) is 57.3 Å². The van der Waals surface area contributed by atoms with Crippen LogP contribution in [0.5, 0.6) is 0 Å². The smallest absolute Gasteiger partial charge is 0.0724 e. The maximum Gasteiger partial charge on any atom is 0.0724 e. The fourth-order valence-corrected chi connectivity index (χ4v) is 1.40. The van der Waals surface area contributed by atoms with Crippen LogP contribution in [0.2, 0.25) is 0 Å². The topological polar surface area (TPSA) is 21.3 Å². The quantitative estimate of drug-likeness (QED) is 0.825. The summed E-state index contributed by atoms with van der Waals surface area (Å²) in [7, 11) is 0. The monoisotopic (exact) mass is 221 g/mol. The molecule has 0 aliphatic heterocycles. The highest BCUT2D eigenvalue weighted by Gasteiger charge is 2.09. The van der Waals surface area contributed by atoms with E-state index in [0.29, 0.717) is 6.61 Å². The Bertz CT molecular complexity index is 315. The summed E-state index contributed by atoms with van der Waals surface area (Å²) in [5, 5.41) is 3.32. The highest BCUT2D eigenvalue weighted by molar-refractivity contribution is 5.22. The fraction of sp³-hybridized carbons (Fsp3) is 0.571. The minimum atomic E-state index is -0.0718. The first kappa shape index (κ1) is 13.2. The molecule has 2 heteroatoms. The number of hydrogen-bond donors (Lipinski definition) is 1. The van der Waals surface area contributed by atoms with Crippen LogP contribution in [0.4, 0.5) is 0 Å². The average Bonchev–Trinajstić information content (AvgIpc) is 2.23. The molecular weight excluding hydrogens is 198 g/mol. The molecule has 0 atom stereocenters. The van der Waals surface area contributed by atoms with Crippen molar-refractivity contribution in [3.05, 3.63) is 35.4 Å². The van der Waals surface area contributed by atoms with Crippen molar-refractivity contribution in [3.8, 4) is 0 Å². The first-order valence-corrected chi connectivity index (χ1v) is 5.94. The summed E-state index contributed by atoms with van der Waals surface area (Å²) in [6.45, 7) is 11.0. The molecule has 0 aliphatic carbocycles. The molecule has 0 bridgehead atoms. The van der Waals surface area contributed by atoms with Crippen LogP contribution in [0, 0.1) is 0 Å². The van der Waals surface area contributed by atoms with E-state index in [1.807, 2.05) is 0 Å². The molecule has 0 saturated carbocycles. The van der Waals surface area contributed by atoms with Crippen LogP contribution in [0.3, 0.4) is 0 Å². The van der Waals surface area contributed by atoms with Crippen LogP contribution in [0.25, 0.3) is 0 Å². The van der Waals surface area contributed by atoms with Crippen molar-refractivity contribution in [2.75, 3.05) is 6.54 Å². The summed E-state index contributed by atoms with van der Waals surface area (Å²) >= 11 is 0. The molecule has 0 amide bonds. The summed E-state index contributed by atoms with van der Waals surface area (Å²) in [6, 6.07) is 8.55. The molecule has 1 N–H and O–H groups in total. The van der Waals surface area contributed by atoms with Gasteiger partial charge >= 0.3 is 0 Å². The van der Waals surface area contributed by atoms with Gasteiger partial charge in [0.1, 0.15) is 0 Å². The number of ether oxygens (including phenoxy) is 1. The van der Waals surface area contributed by atoms with E-state index in [1.165, 1.54) is 11.1 Å². The van der Waals surface area contributed by atoms with Crippen molar-refractivity contribution in [2.45, 2.75) is 46.4 Å². The van der Waals surface area contributed by atoms with Crippen molar-refractivity contribution in [2.24, 2.45) is 0 Å². The van der Waals surface area contributed by atoms with Gasteiger partial charge in [0.2, 0.25) is 0 Å². The van der Waals surface area contributed by atoms with Crippen LogP contribution in [-0.2, 0) is 17.9 Å². The standard InChI is InChI=1S/C14H23NO/c1-5-15-10-12-7-6-8-13(9-12)11-16-14(2,3)4/h6-9,15H,5,10-11H2,1-4H3. The van der Waals surface area contributed by atoms with Gasteiger partial charge in [0.05, 0.1) is 12.2 Å². The van der Waals surface area contributed by atoms with Gasteiger partial charge in [0.15, 0.2) is 0 Å². The number of hydrogen-bond acceptors (Lipinski definition) is 2. The lowest BCUT2D eigenvalue weighted by Gasteiger charge is -2.19. The zero-order chi connectivity index (χ0) is 12.0. The van der Waals surface area contributed by atoms with Gasteiger partial charge in [-0.25, -0.2) is 0 Å². The van der Waals surface area contributed by atoms with Crippen molar-refractivity contribution in [1.29, 1.82) is 0 Å². The van der Waals surface area contributed by atoms with Crippen molar-refractivity contribution < 1.29 is 4.74 Å². The van der Waals surface area contributed by atoms with E-state index in [0.717, 1.165) is 13.1 Å². The molecule has 1 aromatic carbocycles. The molecule has 1 aromatic rings. The maximum absolute atomic E-state index is 5.75. The summed E-state index contributed by atoms with van der Waals surface area (Å²) in [6.07, 6.45) is 0. The molecule has 0 unspecified atom stereocenters. The first-order valence-electron chi connectivity index (χ1n) is 5.94. The van der Waals surface area contributed by atoms with Crippen molar-refractivity contribution in [1.82, 2.24) is 5.32 Å². The van der Waals surface area contributed by atoms with Gasteiger partial charge in [-0.15, -0.1) is 0 Å². The zero-order valence-corrected chi connectivity index (χ0v) is 10.8. The normalized spacial score (nSPS) is 11.8. The number of benzene rings is 1. The second-order valence-electron chi connectivity index (χ2n) is 5.00. The lowest BCUT2D eigenvalue weighted by Crippen LogP contribution is -2.18. The molecule has 90 valence electrons. The molecule has 1 rings (SSSR count). The van der Waals surface area contributed by atoms with Gasteiger partial charge in [0.25, 0.3) is 0 Å². The molecule has 16 heavy (non-hydrogen) atoms. The molecule has 0 aromatic heterocycles. The second kappa shape index (κ2) is 6.02. The van der Waals surface area contributed by atoms with E-state index in [-0.39, 0.29) is 5.60 Å². The van der Waals surface area contributed by atoms with Gasteiger partial charge in [-0.2, -0.15) is 0 Å². The molecule has 2 nitrogen and oxygen atoms in total. The lowest BCUT2D eigenvalue weighted by atomic mass is 10.1. The van der Waals surface area contributed by atoms with E-state index in [4.69, 9.17) is 4.74 Å². The third kappa shape index (κ3) is 5.29. The van der Waals surface area contributed by atoms with E-state index < -0.39 is 0 Å². The van der Waals surface area contributed by atoms with Crippen LogP contribution in [0.15, 0.2) is 24.3 Å². The Kier molecular flexibility index (Phi) is 4.97. The molecule has 0 fully saturated rings. The number of rotatable bonds is 5. The third-order valence-corrected chi connectivity index (χ3v) is 2.24. The molecular formula is C14H23NO. The SMILES string of the molecule is CCNCc1cccc(COC(C)(C)C)c1. The highest BCUT2D eigenvalue weighted by atomic mass is 16.5. The molecule has 0 spiro atoms. The summed E-state index contributed by atoms with van der Waals surface area (Å²) in [5.74, 6) is 0. The molecule has 0 aliphatic rings. The van der Waals surface area contributed by atoms with Gasteiger partial charge in [0, 0.05) is 6.54 Å². The zero-order valence-electron chi connectivity index (χ0n) is 10.8. The fourth-order valence-electron chi connectivity index (χ4n) is 1.40. The van der Waals surface area contributed by atoms with Crippen LogP contribution >= 0.6 is 0 Å². The van der Waals surface area contributed by atoms with E-state index >= 15 is 0 Å². The summed E-state index contributed by atoms with van der Waals surface area (Å²) in [4.78, 5) is 0. The molecule has 0 saturated heterocycles. The van der Waals surface area contributed by atoms with Crippen molar-refractivity contribution >= 4 is 0 Å². The van der Waals surface area contributed by atoms with Gasteiger partial charge in [-0.05, 0) is 38.4 Å². The largest absolute Gasteiger partial charge is 0.371 e. The first-order chi connectivity index (χ1) is 7.51. The van der Waals surface area contributed by atoms with Crippen molar-refractivity contribution in [3.63, 3.8) is 0 Å².